The van der Waals surface area contributed by atoms with Crippen LogP contribution in [0.25, 0.3) is 0 Å². The van der Waals surface area contributed by atoms with Crippen molar-refractivity contribution in [3.05, 3.63) is 34.8 Å². The Labute approximate surface area is 107 Å². The third-order valence-corrected chi connectivity index (χ3v) is 3.71. The Morgan fingerprint density at radius 3 is 2.44 bits per heavy atom. The van der Waals surface area contributed by atoms with Crippen LogP contribution in [-0.4, -0.2) is 26.6 Å². The molecular formula is C14H16N3O. The van der Waals surface area contributed by atoms with E-state index >= 15 is 0 Å². The first kappa shape index (κ1) is 12.4. The molecule has 0 spiro atoms. The molecule has 18 heavy (non-hydrogen) atoms. The quantitative estimate of drug-likeness (QED) is 0.425. The number of hydrogen-bond donors (Lipinski definition) is 0. The van der Waals surface area contributed by atoms with Gasteiger partial charge in [0.25, 0.3) is 0 Å². The van der Waals surface area contributed by atoms with Crippen molar-refractivity contribution >= 4 is 5.84 Å². The van der Waals surface area contributed by atoms with Gasteiger partial charge in [0.15, 0.2) is 11.2 Å². The van der Waals surface area contributed by atoms with E-state index in [0.717, 1.165) is 4.74 Å². The molecule has 2 rings (SSSR count). The van der Waals surface area contributed by atoms with E-state index in [1.807, 2.05) is 27.7 Å². The Morgan fingerprint density at radius 2 is 1.94 bits per heavy atom. The van der Waals surface area contributed by atoms with Gasteiger partial charge >= 0.3 is 5.84 Å². The minimum Gasteiger partial charge on any atom is -0.714 e. The molecule has 1 aromatic heterocycles. The molecule has 0 saturated carbocycles. The highest BCUT2D eigenvalue weighted by atomic mass is 16.5. The van der Waals surface area contributed by atoms with E-state index in [1.165, 1.54) is 0 Å². The van der Waals surface area contributed by atoms with Crippen LogP contribution in [0.4, 0.5) is 0 Å². The summed E-state index contributed by atoms with van der Waals surface area (Å²) in [5.74, 6) is 2.81. The number of hydroxylamine groups is 1. The van der Waals surface area contributed by atoms with E-state index in [4.69, 9.17) is 6.42 Å². The first-order valence-corrected chi connectivity index (χ1v) is 5.81. The summed E-state index contributed by atoms with van der Waals surface area (Å²) in [6, 6.07) is 5.26. The van der Waals surface area contributed by atoms with Crippen LogP contribution in [-0.2, 0) is 0 Å². The Hall–Kier alpha value is -2.02. The molecule has 0 aliphatic carbocycles. The zero-order chi connectivity index (χ0) is 13.6. The lowest BCUT2D eigenvalue weighted by Gasteiger charge is -2.30. The van der Waals surface area contributed by atoms with Gasteiger partial charge < -0.3 is 5.21 Å². The summed E-state index contributed by atoms with van der Waals surface area (Å²) in [6.45, 7) is 7.63. The average Bonchev–Trinajstić information content (AvgIpc) is 2.49. The van der Waals surface area contributed by atoms with Crippen molar-refractivity contribution in [2.24, 2.45) is 0 Å². The van der Waals surface area contributed by atoms with Gasteiger partial charge in [0, 0.05) is 0 Å². The largest absolute Gasteiger partial charge is 0.714 e. The van der Waals surface area contributed by atoms with E-state index in [1.54, 1.807) is 18.2 Å². The summed E-state index contributed by atoms with van der Waals surface area (Å²) in [7, 11) is 0. The van der Waals surface area contributed by atoms with Crippen LogP contribution in [0.2, 0.25) is 0 Å². The number of nitrogens with zero attached hydrogens (tertiary/aromatic N) is 3. The lowest BCUT2D eigenvalue weighted by atomic mass is 9.84. The first-order chi connectivity index (χ1) is 8.29. The zero-order valence-corrected chi connectivity index (χ0v) is 11.1. The lowest BCUT2D eigenvalue weighted by Crippen LogP contribution is -2.50. The molecule has 2 heterocycles. The molecule has 1 aliphatic heterocycles. The molecule has 0 atom stereocenters. The van der Waals surface area contributed by atoms with Crippen LogP contribution < -0.4 is 5.32 Å². The Kier molecular flexibility index (Phi) is 2.58. The minimum atomic E-state index is -0.601. The molecule has 1 aromatic rings. The summed E-state index contributed by atoms with van der Waals surface area (Å²) in [5.41, 5.74) is -0.0288. The standard InChI is InChI=1S/C14H16N3O/c1-6-10-8-7-9-11(15-10)12-16-13(2,3)14(4,5)17(12)18/h1,7-9H,2-5H3. The molecule has 0 N–H and O–H groups in total. The predicted molar refractivity (Wildman–Crippen MR) is 70.2 cm³/mol. The topological polar surface area (TPSA) is 53.1 Å². The van der Waals surface area contributed by atoms with Crippen molar-refractivity contribution in [3.8, 4) is 12.3 Å². The molecule has 1 radical (unpaired) electrons. The van der Waals surface area contributed by atoms with Crippen LogP contribution in [0.3, 0.4) is 0 Å². The number of rotatable bonds is 1. The number of amidine groups is 1. The monoisotopic (exact) mass is 242 g/mol. The van der Waals surface area contributed by atoms with Crippen LogP contribution in [0, 0.1) is 17.6 Å². The number of pyridine rings is 1. The smallest absolute Gasteiger partial charge is 0.342 e. The maximum Gasteiger partial charge on any atom is 0.342 e. The first-order valence-electron chi connectivity index (χ1n) is 5.81. The van der Waals surface area contributed by atoms with Crippen LogP contribution >= 0.6 is 0 Å². The molecule has 0 bridgehead atoms. The lowest BCUT2D eigenvalue weighted by molar-refractivity contribution is -0.539. The number of hydrogen-bond acceptors (Lipinski definition) is 2. The van der Waals surface area contributed by atoms with Crippen molar-refractivity contribution in [3.63, 3.8) is 0 Å². The fourth-order valence-corrected chi connectivity index (χ4v) is 1.76. The van der Waals surface area contributed by atoms with E-state index in [9.17, 15) is 5.21 Å². The van der Waals surface area contributed by atoms with Gasteiger partial charge in [-0.2, -0.15) is 0 Å². The molecule has 0 amide bonds. The molecule has 0 unspecified atom stereocenters. The fourth-order valence-electron chi connectivity index (χ4n) is 1.76. The van der Waals surface area contributed by atoms with Gasteiger partial charge in [0.1, 0.15) is 11.2 Å². The van der Waals surface area contributed by atoms with Crippen LogP contribution in [0.5, 0.6) is 0 Å². The van der Waals surface area contributed by atoms with Crippen LogP contribution in [0.15, 0.2) is 18.2 Å². The van der Waals surface area contributed by atoms with Gasteiger partial charge in [-0.05, 0) is 39.8 Å². The highest BCUT2D eigenvalue weighted by Crippen LogP contribution is 2.31. The van der Waals surface area contributed by atoms with E-state index in [-0.39, 0.29) is 0 Å². The Bertz CT molecular complexity index is 565. The maximum absolute atomic E-state index is 12.3. The summed E-state index contributed by atoms with van der Waals surface area (Å²) in [5, 5.41) is 16.8. The molecule has 0 fully saturated rings. The van der Waals surface area contributed by atoms with E-state index in [2.05, 4.69) is 16.2 Å². The van der Waals surface area contributed by atoms with Gasteiger partial charge in [-0.25, -0.2) is 4.98 Å². The van der Waals surface area contributed by atoms with Gasteiger partial charge in [0.2, 0.25) is 0 Å². The van der Waals surface area contributed by atoms with Gasteiger partial charge in [-0.1, -0.05) is 17.3 Å². The second-order valence-electron chi connectivity index (χ2n) is 5.40. The Morgan fingerprint density at radius 1 is 1.28 bits per heavy atom. The number of terminal acetylenes is 1. The maximum atomic E-state index is 12.3. The van der Waals surface area contributed by atoms with E-state index < -0.39 is 11.1 Å². The SMILES string of the molecule is C#Cc1cccc(C2=[N+]([O-])C(C)(C)C(C)(C)[N]2)n1. The fraction of sp³-hybridized carbons (Fsp3) is 0.429. The molecule has 0 aromatic carbocycles. The minimum absolute atomic E-state index is 0.349. The van der Waals surface area contributed by atoms with Gasteiger partial charge in [-0.3, -0.25) is 4.74 Å². The van der Waals surface area contributed by atoms with Crippen molar-refractivity contribution in [1.29, 1.82) is 0 Å². The summed E-state index contributed by atoms with van der Waals surface area (Å²) < 4.78 is 0.926. The molecule has 93 valence electrons. The second-order valence-corrected chi connectivity index (χ2v) is 5.40. The van der Waals surface area contributed by atoms with Gasteiger partial charge in [-0.15, -0.1) is 6.42 Å². The highest BCUT2D eigenvalue weighted by molar-refractivity contribution is 5.94. The molecule has 1 aliphatic rings. The van der Waals surface area contributed by atoms with Crippen molar-refractivity contribution < 1.29 is 4.74 Å². The summed E-state index contributed by atoms with van der Waals surface area (Å²) >= 11 is 0. The van der Waals surface area contributed by atoms with Gasteiger partial charge in [0.05, 0.1) is 0 Å². The Balaban J connectivity index is 2.53. The highest BCUT2D eigenvalue weighted by Gasteiger charge is 2.55. The predicted octanol–water partition coefficient (Wildman–Crippen LogP) is 1.49. The molecule has 4 heteroatoms. The zero-order valence-electron chi connectivity index (χ0n) is 11.1. The molecule has 0 saturated heterocycles. The number of aromatic nitrogens is 1. The third-order valence-electron chi connectivity index (χ3n) is 3.71. The second kappa shape index (κ2) is 3.74. The summed E-state index contributed by atoms with van der Waals surface area (Å²) in [6.07, 6.45) is 5.31. The average molecular weight is 242 g/mol. The molecule has 4 nitrogen and oxygen atoms in total. The van der Waals surface area contributed by atoms with Crippen LogP contribution in [0.1, 0.15) is 39.1 Å². The normalized spacial score (nSPS) is 20.4. The third kappa shape index (κ3) is 1.63. The van der Waals surface area contributed by atoms with Crippen molar-refractivity contribution in [2.45, 2.75) is 38.8 Å². The van der Waals surface area contributed by atoms with Crippen molar-refractivity contribution in [1.82, 2.24) is 10.3 Å². The van der Waals surface area contributed by atoms with Crippen molar-refractivity contribution in [2.75, 3.05) is 0 Å². The van der Waals surface area contributed by atoms with E-state index in [0.29, 0.717) is 17.2 Å². The summed E-state index contributed by atoms with van der Waals surface area (Å²) in [4.78, 5) is 4.25. The molecular weight excluding hydrogens is 226 g/mol.